The van der Waals surface area contributed by atoms with Crippen molar-refractivity contribution in [2.45, 2.75) is 32.4 Å². The van der Waals surface area contributed by atoms with Crippen molar-refractivity contribution in [3.8, 4) is 5.75 Å². The number of carbonyl (C=O) groups is 2. The Labute approximate surface area is 188 Å². The maximum absolute atomic E-state index is 13.5. The lowest BCUT2D eigenvalue weighted by molar-refractivity contribution is -0.141. The van der Waals surface area contributed by atoms with Gasteiger partial charge in [0.2, 0.25) is 5.91 Å². The Morgan fingerprint density at radius 1 is 1.29 bits per heavy atom. The van der Waals surface area contributed by atoms with Crippen LogP contribution in [0.2, 0.25) is 0 Å². The summed E-state index contributed by atoms with van der Waals surface area (Å²) in [6.45, 7) is 7.76. The lowest BCUT2D eigenvalue weighted by atomic mass is 9.96. The first-order valence-corrected chi connectivity index (χ1v) is 10.7. The predicted molar refractivity (Wildman–Crippen MR) is 119 cm³/mol. The third-order valence-corrected chi connectivity index (χ3v) is 5.65. The zero-order valence-electron chi connectivity index (χ0n) is 17.9. The largest absolute Gasteiger partial charge is 0.491 e. The van der Waals surface area contributed by atoms with Gasteiger partial charge in [-0.25, -0.2) is 4.79 Å². The van der Waals surface area contributed by atoms with Crippen LogP contribution in [0.1, 0.15) is 35.7 Å². The van der Waals surface area contributed by atoms with Gasteiger partial charge in [-0.3, -0.25) is 4.79 Å². The number of esters is 1. The average molecular weight is 446 g/mol. The van der Waals surface area contributed by atoms with Gasteiger partial charge in [-0.15, -0.1) is 0 Å². The van der Waals surface area contributed by atoms with Gasteiger partial charge in [-0.2, -0.15) is 0 Å². The van der Waals surface area contributed by atoms with E-state index in [1.54, 1.807) is 25.1 Å². The summed E-state index contributed by atoms with van der Waals surface area (Å²) in [5.74, 6) is 0.121. The van der Waals surface area contributed by atoms with Crippen molar-refractivity contribution in [2.75, 3.05) is 26.9 Å². The van der Waals surface area contributed by atoms with Crippen LogP contribution < -0.4 is 4.74 Å². The number of methoxy groups -OCH3 is 1. The summed E-state index contributed by atoms with van der Waals surface area (Å²) >= 11 is 5.91. The monoisotopic (exact) mass is 445 g/mol. The lowest BCUT2D eigenvalue weighted by Crippen LogP contribution is -2.46. The molecular formula is C24H28ClNO5. The SMILES string of the molecule is C=C(/C=C\C=C(/C)Cl)[C@H]1COc2cc(C(=O)OC)ccc2CN1C(=O)C1CCOCC1. The minimum absolute atomic E-state index is 0.0698. The molecule has 0 spiro atoms. The Morgan fingerprint density at radius 2 is 2.03 bits per heavy atom. The minimum atomic E-state index is -0.432. The summed E-state index contributed by atoms with van der Waals surface area (Å²) in [6.07, 6.45) is 6.84. The molecule has 0 radical (unpaired) electrons. The van der Waals surface area contributed by atoms with Crippen molar-refractivity contribution in [1.29, 1.82) is 0 Å². The van der Waals surface area contributed by atoms with Gasteiger partial charge < -0.3 is 19.1 Å². The fourth-order valence-corrected chi connectivity index (χ4v) is 3.82. The molecule has 0 aliphatic carbocycles. The molecule has 3 rings (SSSR count). The van der Waals surface area contributed by atoms with E-state index < -0.39 is 5.97 Å². The molecule has 2 aliphatic heterocycles. The molecule has 0 bridgehead atoms. The molecular weight excluding hydrogens is 418 g/mol. The van der Waals surface area contributed by atoms with E-state index in [4.69, 9.17) is 25.8 Å². The summed E-state index contributed by atoms with van der Waals surface area (Å²) in [6, 6.07) is 4.82. The molecule has 1 amide bonds. The number of hydrogen-bond donors (Lipinski definition) is 0. The molecule has 1 aromatic carbocycles. The van der Waals surface area contributed by atoms with Crippen molar-refractivity contribution in [2.24, 2.45) is 5.92 Å². The maximum Gasteiger partial charge on any atom is 0.337 e. The molecule has 1 fully saturated rings. The number of halogens is 1. The summed E-state index contributed by atoms with van der Waals surface area (Å²) < 4.78 is 16.3. The quantitative estimate of drug-likeness (QED) is 0.501. The van der Waals surface area contributed by atoms with Crippen molar-refractivity contribution < 1.29 is 23.8 Å². The van der Waals surface area contributed by atoms with Gasteiger partial charge in [0.25, 0.3) is 0 Å². The molecule has 0 saturated carbocycles. The second-order valence-electron chi connectivity index (χ2n) is 7.68. The molecule has 0 N–H and O–H groups in total. The van der Waals surface area contributed by atoms with Crippen LogP contribution in [0, 0.1) is 5.92 Å². The number of carbonyl (C=O) groups excluding carboxylic acids is 2. The first-order chi connectivity index (χ1) is 14.9. The standard InChI is InChI=1S/C24H28ClNO5/c1-16(5-4-6-17(2)25)21-15-31-22-13-19(24(28)29-3)7-8-20(22)14-26(21)23(27)18-9-11-30-12-10-18/h4-8,13,18,21H,1,9-12,14-15H2,2-3H3/b5-4-,17-6+/t21-/m1/s1. The molecule has 1 atom stereocenters. The maximum atomic E-state index is 13.5. The second-order valence-corrected chi connectivity index (χ2v) is 8.28. The van der Waals surface area contributed by atoms with E-state index in [1.807, 2.05) is 23.1 Å². The van der Waals surface area contributed by atoms with Crippen molar-refractivity contribution in [3.05, 3.63) is 64.7 Å². The minimum Gasteiger partial charge on any atom is -0.491 e. The highest BCUT2D eigenvalue weighted by atomic mass is 35.5. The highest BCUT2D eigenvalue weighted by Crippen LogP contribution is 2.31. The van der Waals surface area contributed by atoms with Crippen LogP contribution in [0.15, 0.2) is 53.6 Å². The Balaban J connectivity index is 1.91. The molecule has 31 heavy (non-hydrogen) atoms. The highest BCUT2D eigenvalue weighted by Gasteiger charge is 2.34. The molecule has 1 aromatic rings. The third-order valence-electron chi connectivity index (χ3n) is 5.52. The van der Waals surface area contributed by atoms with Gasteiger partial charge in [0, 0.05) is 29.7 Å². The van der Waals surface area contributed by atoms with E-state index in [0.29, 0.717) is 48.9 Å². The van der Waals surface area contributed by atoms with Gasteiger partial charge in [0.1, 0.15) is 12.4 Å². The van der Waals surface area contributed by atoms with Crippen LogP contribution in [0.5, 0.6) is 5.75 Å². The molecule has 2 heterocycles. The van der Waals surface area contributed by atoms with Crippen LogP contribution in [0.4, 0.5) is 0 Å². The number of rotatable bonds is 5. The molecule has 7 heteroatoms. The molecule has 0 unspecified atom stereocenters. The van der Waals surface area contributed by atoms with Crippen molar-refractivity contribution in [3.63, 3.8) is 0 Å². The van der Waals surface area contributed by atoms with Gasteiger partial charge in [-0.1, -0.05) is 36.4 Å². The van der Waals surface area contributed by atoms with E-state index in [-0.39, 0.29) is 24.5 Å². The number of benzene rings is 1. The smallest absolute Gasteiger partial charge is 0.337 e. The van der Waals surface area contributed by atoms with E-state index in [9.17, 15) is 9.59 Å². The van der Waals surface area contributed by atoms with Gasteiger partial charge in [-0.05, 0) is 43.5 Å². The van der Waals surface area contributed by atoms with Gasteiger partial charge in [0.05, 0.1) is 25.3 Å². The van der Waals surface area contributed by atoms with Gasteiger partial charge in [0.15, 0.2) is 0 Å². The second kappa shape index (κ2) is 10.6. The zero-order chi connectivity index (χ0) is 22.4. The Bertz CT molecular complexity index is 897. The summed E-state index contributed by atoms with van der Waals surface area (Å²) in [4.78, 5) is 27.2. The summed E-state index contributed by atoms with van der Waals surface area (Å²) in [7, 11) is 1.34. The Kier molecular flexibility index (Phi) is 7.93. The molecule has 1 saturated heterocycles. The molecule has 166 valence electrons. The third kappa shape index (κ3) is 5.77. The lowest BCUT2D eigenvalue weighted by Gasteiger charge is -2.34. The Hall–Kier alpha value is -2.57. The van der Waals surface area contributed by atoms with E-state index in [2.05, 4.69) is 6.58 Å². The number of hydrogen-bond acceptors (Lipinski definition) is 5. The van der Waals surface area contributed by atoms with Crippen LogP contribution in [-0.4, -0.2) is 49.7 Å². The van der Waals surface area contributed by atoms with Gasteiger partial charge >= 0.3 is 5.97 Å². The van der Waals surface area contributed by atoms with E-state index in [1.165, 1.54) is 7.11 Å². The topological polar surface area (TPSA) is 65.1 Å². The summed E-state index contributed by atoms with van der Waals surface area (Å²) in [5, 5.41) is 0.652. The first-order valence-electron chi connectivity index (χ1n) is 10.3. The molecule has 0 aromatic heterocycles. The van der Waals surface area contributed by atoms with E-state index in [0.717, 1.165) is 11.1 Å². The summed E-state index contributed by atoms with van der Waals surface area (Å²) in [5.41, 5.74) is 1.99. The number of ether oxygens (including phenoxy) is 3. The zero-order valence-corrected chi connectivity index (χ0v) is 18.7. The molecule has 2 aliphatic rings. The van der Waals surface area contributed by atoms with Crippen molar-refractivity contribution in [1.82, 2.24) is 4.90 Å². The van der Waals surface area contributed by atoms with Crippen LogP contribution in [0.3, 0.4) is 0 Å². The number of amides is 1. The highest BCUT2D eigenvalue weighted by molar-refractivity contribution is 6.29. The fourth-order valence-electron chi connectivity index (χ4n) is 3.75. The van der Waals surface area contributed by atoms with Crippen LogP contribution >= 0.6 is 11.6 Å². The van der Waals surface area contributed by atoms with Crippen molar-refractivity contribution >= 4 is 23.5 Å². The van der Waals surface area contributed by atoms with Crippen LogP contribution in [0.25, 0.3) is 0 Å². The number of nitrogens with zero attached hydrogens (tertiary/aromatic N) is 1. The first kappa shape index (κ1) is 23.1. The number of fused-ring (bicyclic) bond motifs is 1. The fraction of sp³-hybridized carbons (Fsp3) is 0.417. The Morgan fingerprint density at radius 3 is 2.71 bits per heavy atom. The predicted octanol–water partition coefficient (Wildman–Crippen LogP) is 4.24. The average Bonchev–Trinajstić information content (AvgIpc) is 2.97. The molecule has 6 nitrogen and oxygen atoms in total. The van der Waals surface area contributed by atoms with Crippen LogP contribution in [-0.2, 0) is 20.8 Å². The number of allylic oxidation sites excluding steroid dienone is 3. The normalized spacial score (nSPS) is 20.0. The van der Waals surface area contributed by atoms with E-state index >= 15 is 0 Å².